The Morgan fingerprint density at radius 2 is 1.86 bits per heavy atom. The molecule has 1 aliphatic rings. The summed E-state index contributed by atoms with van der Waals surface area (Å²) in [5.41, 5.74) is 0.139. The fourth-order valence-electron chi connectivity index (χ4n) is 3.52. The summed E-state index contributed by atoms with van der Waals surface area (Å²) in [5, 5.41) is 0. The van der Waals surface area contributed by atoms with Crippen LogP contribution in [0.4, 0.5) is 0 Å². The maximum atomic E-state index is 12.8. The Kier molecular flexibility index (Phi) is 7.25. The van der Waals surface area contributed by atoms with Crippen molar-refractivity contribution in [3.8, 4) is 0 Å². The van der Waals surface area contributed by atoms with Gasteiger partial charge in [0.05, 0.1) is 0 Å². The summed E-state index contributed by atoms with van der Waals surface area (Å²) >= 11 is 0. The average molecular weight is 292 g/mol. The van der Waals surface area contributed by atoms with E-state index in [2.05, 4.69) is 39.5 Å². The summed E-state index contributed by atoms with van der Waals surface area (Å²) in [4.78, 5) is 16.8. The first-order chi connectivity index (χ1) is 9.79. The van der Waals surface area contributed by atoms with Gasteiger partial charge in [-0.1, -0.05) is 34.6 Å². The number of hydrogen-bond donors (Lipinski definition) is 0. The highest BCUT2D eigenvalue weighted by Gasteiger charge is 2.32. The number of rotatable bonds is 6. The van der Waals surface area contributed by atoms with E-state index in [0.29, 0.717) is 24.3 Å². The van der Waals surface area contributed by atoms with E-state index in [4.69, 9.17) is 7.98 Å². The SMILES string of the molecule is [B]N1CCC(CC(=O)N(CCC)[C@H](CC)C(C)(C)C)CC1. The molecule has 0 aromatic rings. The molecule has 1 amide bonds. The van der Waals surface area contributed by atoms with Crippen molar-refractivity contribution in [2.45, 2.75) is 72.8 Å². The first-order valence-electron chi connectivity index (χ1n) is 8.58. The Labute approximate surface area is 132 Å². The molecule has 0 aromatic carbocycles. The Morgan fingerprint density at radius 3 is 2.29 bits per heavy atom. The molecule has 1 atom stereocenters. The third-order valence-corrected chi connectivity index (χ3v) is 4.66. The third-order valence-electron chi connectivity index (χ3n) is 4.66. The molecular formula is C17H33BN2O. The van der Waals surface area contributed by atoms with Crippen LogP contribution in [-0.4, -0.2) is 49.3 Å². The summed E-state index contributed by atoms with van der Waals surface area (Å²) in [7, 11) is 5.80. The van der Waals surface area contributed by atoms with Crippen LogP contribution in [0.25, 0.3) is 0 Å². The van der Waals surface area contributed by atoms with Crippen molar-refractivity contribution in [1.29, 1.82) is 0 Å². The molecule has 1 fully saturated rings. The highest BCUT2D eigenvalue weighted by atomic mass is 16.2. The average Bonchev–Trinajstić information content (AvgIpc) is 2.39. The Hall–Kier alpha value is -0.505. The van der Waals surface area contributed by atoms with Crippen LogP contribution in [0.5, 0.6) is 0 Å². The van der Waals surface area contributed by atoms with E-state index in [9.17, 15) is 4.79 Å². The van der Waals surface area contributed by atoms with Gasteiger partial charge in [-0.3, -0.25) is 4.79 Å². The lowest BCUT2D eigenvalue weighted by molar-refractivity contribution is -0.137. The van der Waals surface area contributed by atoms with Crippen LogP contribution in [0.1, 0.15) is 66.7 Å². The van der Waals surface area contributed by atoms with Gasteiger partial charge in [-0.25, -0.2) is 0 Å². The molecule has 0 aromatic heterocycles. The Morgan fingerprint density at radius 1 is 1.29 bits per heavy atom. The molecule has 0 aliphatic carbocycles. The zero-order valence-electron chi connectivity index (χ0n) is 14.7. The van der Waals surface area contributed by atoms with E-state index >= 15 is 0 Å². The van der Waals surface area contributed by atoms with Crippen LogP contribution in [-0.2, 0) is 4.79 Å². The van der Waals surface area contributed by atoms with E-state index in [1.807, 2.05) is 4.81 Å². The van der Waals surface area contributed by atoms with Crippen molar-refractivity contribution in [2.75, 3.05) is 19.6 Å². The predicted octanol–water partition coefficient (Wildman–Crippen LogP) is 3.24. The van der Waals surface area contributed by atoms with Gasteiger partial charge in [-0.05, 0) is 50.1 Å². The monoisotopic (exact) mass is 292 g/mol. The largest absolute Gasteiger partial charge is 0.353 e. The number of hydrogen-bond acceptors (Lipinski definition) is 2. The standard InChI is InChI=1S/C17H33BN2O/c1-6-10-20(15(7-2)17(3,4)5)16(21)13-14-8-11-19(18)12-9-14/h14-15H,6-13H2,1-5H3/t15-/m1/s1. The summed E-state index contributed by atoms with van der Waals surface area (Å²) in [6.07, 6.45) is 4.85. The van der Waals surface area contributed by atoms with E-state index in [1.54, 1.807) is 0 Å². The van der Waals surface area contributed by atoms with Crippen molar-refractivity contribution >= 4 is 13.9 Å². The maximum Gasteiger partial charge on any atom is 0.223 e. The number of carbonyl (C=O) groups is 1. The third kappa shape index (κ3) is 5.65. The second kappa shape index (κ2) is 8.21. The molecule has 1 aliphatic heterocycles. The molecule has 0 bridgehead atoms. The summed E-state index contributed by atoms with van der Waals surface area (Å²) in [5.74, 6) is 0.850. The van der Waals surface area contributed by atoms with Gasteiger partial charge in [0.2, 0.25) is 5.91 Å². The molecule has 1 rings (SSSR count). The topological polar surface area (TPSA) is 23.6 Å². The van der Waals surface area contributed by atoms with Gasteiger partial charge >= 0.3 is 0 Å². The first-order valence-corrected chi connectivity index (χ1v) is 8.58. The van der Waals surface area contributed by atoms with Crippen molar-refractivity contribution in [3.63, 3.8) is 0 Å². The van der Waals surface area contributed by atoms with Crippen LogP contribution >= 0.6 is 0 Å². The smallest absolute Gasteiger partial charge is 0.223 e. The van der Waals surface area contributed by atoms with E-state index < -0.39 is 0 Å². The normalized spacial score (nSPS) is 19.5. The maximum absolute atomic E-state index is 12.8. The molecule has 0 saturated carbocycles. The number of carbonyl (C=O) groups excluding carboxylic acids is 1. The van der Waals surface area contributed by atoms with Crippen molar-refractivity contribution in [3.05, 3.63) is 0 Å². The number of amides is 1. The molecule has 3 nitrogen and oxygen atoms in total. The molecule has 120 valence electrons. The minimum Gasteiger partial charge on any atom is -0.353 e. The van der Waals surface area contributed by atoms with E-state index in [1.165, 1.54) is 0 Å². The summed E-state index contributed by atoms with van der Waals surface area (Å²) in [6.45, 7) is 13.8. The lowest BCUT2D eigenvalue weighted by Crippen LogP contribution is -2.48. The molecule has 0 spiro atoms. The van der Waals surface area contributed by atoms with Gasteiger partial charge < -0.3 is 9.71 Å². The van der Waals surface area contributed by atoms with Gasteiger partial charge in [0.25, 0.3) is 0 Å². The molecule has 21 heavy (non-hydrogen) atoms. The van der Waals surface area contributed by atoms with Crippen molar-refractivity contribution in [1.82, 2.24) is 9.71 Å². The molecular weight excluding hydrogens is 259 g/mol. The van der Waals surface area contributed by atoms with Gasteiger partial charge in [0.15, 0.2) is 7.98 Å². The molecule has 2 radical (unpaired) electrons. The lowest BCUT2D eigenvalue weighted by atomic mass is 9.83. The van der Waals surface area contributed by atoms with Crippen LogP contribution < -0.4 is 0 Å². The van der Waals surface area contributed by atoms with Crippen LogP contribution in [0, 0.1) is 11.3 Å². The minimum atomic E-state index is 0.139. The second-order valence-electron chi connectivity index (χ2n) is 7.56. The quantitative estimate of drug-likeness (QED) is 0.702. The lowest BCUT2D eigenvalue weighted by Gasteiger charge is -2.41. The Balaban J connectivity index is 2.68. The van der Waals surface area contributed by atoms with Gasteiger partial charge in [0.1, 0.15) is 0 Å². The van der Waals surface area contributed by atoms with Crippen LogP contribution in [0.3, 0.4) is 0 Å². The number of piperidine rings is 1. The fraction of sp³-hybridized carbons (Fsp3) is 0.941. The van der Waals surface area contributed by atoms with Gasteiger partial charge in [-0.15, -0.1) is 0 Å². The van der Waals surface area contributed by atoms with Crippen LogP contribution in [0.2, 0.25) is 0 Å². The predicted molar refractivity (Wildman–Crippen MR) is 90.2 cm³/mol. The van der Waals surface area contributed by atoms with Crippen molar-refractivity contribution in [2.24, 2.45) is 11.3 Å². The number of nitrogens with zero attached hydrogens (tertiary/aromatic N) is 2. The van der Waals surface area contributed by atoms with Crippen LogP contribution in [0.15, 0.2) is 0 Å². The highest BCUT2D eigenvalue weighted by Crippen LogP contribution is 2.29. The minimum absolute atomic E-state index is 0.139. The zero-order chi connectivity index (χ0) is 16.0. The second-order valence-corrected chi connectivity index (χ2v) is 7.56. The van der Waals surface area contributed by atoms with Gasteiger partial charge in [0, 0.05) is 19.0 Å². The first kappa shape index (κ1) is 18.5. The fourth-order valence-corrected chi connectivity index (χ4v) is 3.52. The molecule has 4 heteroatoms. The van der Waals surface area contributed by atoms with Crippen molar-refractivity contribution < 1.29 is 4.79 Å². The Bertz CT molecular complexity index is 319. The summed E-state index contributed by atoms with van der Waals surface area (Å²) < 4.78 is 0. The van der Waals surface area contributed by atoms with Gasteiger partial charge in [-0.2, -0.15) is 0 Å². The molecule has 1 saturated heterocycles. The van der Waals surface area contributed by atoms with E-state index in [0.717, 1.165) is 45.3 Å². The summed E-state index contributed by atoms with van der Waals surface area (Å²) in [6, 6.07) is 0.333. The molecule has 0 N–H and O–H groups in total. The highest BCUT2D eigenvalue weighted by molar-refractivity contribution is 6.04. The zero-order valence-corrected chi connectivity index (χ0v) is 14.7. The molecule has 0 unspecified atom stereocenters. The van der Waals surface area contributed by atoms with E-state index in [-0.39, 0.29) is 5.41 Å². The molecule has 1 heterocycles.